The van der Waals surface area contributed by atoms with Crippen LogP contribution >= 0.6 is 7.82 Å². The number of aromatic nitrogens is 1. The zero-order valence-electron chi connectivity index (χ0n) is 11.2. The molecule has 0 aliphatic carbocycles. The van der Waals surface area contributed by atoms with Crippen molar-refractivity contribution in [1.82, 2.24) is 0 Å². The van der Waals surface area contributed by atoms with Gasteiger partial charge in [-0.1, -0.05) is 0 Å². The molecule has 0 bridgehead atoms. The Bertz CT molecular complexity index is 606. The van der Waals surface area contributed by atoms with Gasteiger partial charge < -0.3 is 35.0 Å². The average molecular weight is 334 g/mol. The van der Waals surface area contributed by atoms with Gasteiger partial charge in [0.05, 0.1) is 6.61 Å². The summed E-state index contributed by atoms with van der Waals surface area (Å²) in [5.41, 5.74) is 5.31. The lowest BCUT2D eigenvalue weighted by molar-refractivity contribution is -0.765. The molecular formula is C11H15N2O8P. The van der Waals surface area contributed by atoms with E-state index in [1.165, 1.54) is 29.1 Å². The highest BCUT2D eigenvalue weighted by Crippen LogP contribution is 2.33. The third kappa shape index (κ3) is 3.87. The molecule has 10 nitrogen and oxygen atoms in total. The van der Waals surface area contributed by atoms with Gasteiger partial charge in [-0.05, 0) is 6.07 Å². The standard InChI is InChI=1S/C11H15N2O8P/c12-10(16)6-2-1-3-13(4-6)11-9(15)8(14)7(21-11)5-20-22(17,18)19/h1-4,7-9,11,14-15H,5H2,(H3-,12,16,17,18,19)/t7-,8-,9-,11?/m1/s1. The third-order valence-corrected chi connectivity index (χ3v) is 3.62. The summed E-state index contributed by atoms with van der Waals surface area (Å²) in [5, 5.41) is 19.8. The second-order valence-electron chi connectivity index (χ2n) is 4.71. The zero-order valence-corrected chi connectivity index (χ0v) is 12.1. The Balaban J connectivity index is 2.14. The van der Waals surface area contributed by atoms with Crippen molar-refractivity contribution < 1.29 is 43.2 Å². The maximum Gasteiger partial charge on any atom is 0.292 e. The van der Waals surface area contributed by atoms with Crippen LogP contribution in [-0.2, 0) is 13.8 Å². The van der Waals surface area contributed by atoms with E-state index in [4.69, 9.17) is 15.4 Å². The molecule has 2 unspecified atom stereocenters. The summed E-state index contributed by atoms with van der Waals surface area (Å²) in [7, 11) is -4.97. The van der Waals surface area contributed by atoms with E-state index >= 15 is 0 Å². The average Bonchev–Trinajstić information content (AvgIpc) is 2.72. The molecule has 0 aromatic carbocycles. The lowest BCUT2D eigenvalue weighted by atomic mass is 10.1. The number of nitrogens with zero attached hydrogens (tertiary/aromatic N) is 1. The van der Waals surface area contributed by atoms with E-state index in [1.54, 1.807) is 0 Å². The van der Waals surface area contributed by atoms with Crippen LogP contribution in [0.25, 0.3) is 0 Å². The van der Waals surface area contributed by atoms with Crippen LogP contribution in [0.2, 0.25) is 0 Å². The highest BCUT2D eigenvalue weighted by molar-refractivity contribution is 7.44. The van der Waals surface area contributed by atoms with Gasteiger partial charge in [0.25, 0.3) is 20.0 Å². The molecule has 0 saturated carbocycles. The summed E-state index contributed by atoms with van der Waals surface area (Å²) in [5.74, 6) is -0.685. The van der Waals surface area contributed by atoms with E-state index in [9.17, 15) is 24.5 Å². The van der Waals surface area contributed by atoms with Crippen molar-refractivity contribution in [2.45, 2.75) is 24.5 Å². The maximum absolute atomic E-state index is 11.1. The Morgan fingerprint density at radius 2 is 2.18 bits per heavy atom. The molecule has 5 N–H and O–H groups in total. The summed E-state index contributed by atoms with van der Waals surface area (Å²) in [6, 6.07) is 2.95. The lowest BCUT2D eigenvalue weighted by Gasteiger charge is -2.19. The summed E-state index contributed by atoms with van der Waals surface area (Å²) in [6.07, 6.45) is -2.31. The molecular weight excluding hydrogens is 319 g/mol. The van der Waals surface area contributed by atoms with Gasteiger partial charge in [0.1, 0.15) is 17.8 Å². The first-order valence-electron chi connectivity index (χ1n) is 6.19. The molecule has 0 spiro atoms. The Labute approximate surface area is 124 Å². The number of nitrogens with two attached hydrogens (primary N) is 1. The van der Waals surface area contributed by atoms with Crippen molar-refractivity contribution in [3.8, 4) is 0 Å². The molecule has 22 heavy (non-hydrogen) atoms. The number of primary amides is 1. The molecule has 11 heteroatoms. The molecule has 1 aromatic heterocycles. The van der Waals surface area contributed by atoms with Gasteiger partial charge in [-0.25, -0.2) is 0 Å². The molecule has 1 fully saturated rings. The highest BCUT2D eigenvalue weighted by atomic mass is 31.2. The third-order valence-electron chi connectivity index (χ3n) is 3.14. The number of carbonyl (C=O) groups excluding carboxylic acids is 1. The Morgan fingerprint density at radius 1 is 1.50 bits per heavy atom. The van der Waals surface area contributed by atoms with Crippen LogP contribution in [0.1, 0.15) is 16.6 Å². The number of pyridine rings is 1. The number of aliphatic hydroxyl groups excluding tert-OH is 2. The molecule has 2 rings (SSSR count). The quantitative estimate of drug-likeness (QED) is 0.330. The molecule has 122 valence electrons. The van der Waals surface area contributed by atoms with E-state index in [0.29, 0.717) is 0 Å². The number of aliphatic hydroxyl groups is 2. The first-order valence-corrected chi connectivity index (χ1v) is 7.69. The van der Waals surface area contributed by atoms with Gasteiger partial charge in [0.15, 0.2) is 18.5 Å². The van der Waals surface area contributed by atoms with Gasteiger partial charge in [0, 0.05) is 6.07 Å². The van der Waals surface area contributed by atoms with Crippen LogP contribution < -0.4 is 15.2 Å². The van der Waals surface area contributed by atoms with Crippen molar-refractivity contribution >= 4 is 13.7 Å². The smallest absolute Gasteiger partial charge is 0.292 e. The number of amides is 1. The van der Waals surface area contributed by atoms with Crippen LogP contribution in [0.15, 0.2) is 24.5 Å². The number of hydrogen-bond acceptors (Lipinski definition) is 7. The molecule has 1 amide bonds. The van der Waals surface area contributed by atoms with E-state index in [0.717, 1.165) is 0 Å². The van der Waals surface area contributed by atoms with Crippen LogP contribution in [-0.4, -0.2) is 45.9 Å². The topological polar surface area (TPSA) is 166 Å². The minimum Gasteiger partial charge on any atom is -0.756 e. The highest BCUT2D eigenvalue weighted by Gasteiger charge is 2.48. The SMILES string of the molecule is NC(=O)c1ccc[n+](C2O[C@H](COP(=O)([O-])O)[C@@H](O)[C@H]2O)c1. The second kappa shape index (κ2) is 6.39. The minimum absolute atomic E-state index is 0.159. The molecule has 5 atom stereocenters. The molecule has 1 aromatic rings. The largest absolute Gasteiger partial charge is 0.756 e. The summed E-state index contributed by atoms with van der Waals surface area (Å²) in [4.78, 5) is 30.2. The molecule has 1 aliphatic rings. The molecule has 0 radical (unpaired) electrons. The summed E-state index contributed by atoms with van der Waals surface area (Å²) >= 11 is 0. The molecule has 1 aliphatic heterocycles. The molecule has 1 saturated heterocycles. The normalized spacial score (nSPS) is 30.9. The van der Waals surface area contributed by atoms with E-state index < -0.39 is 44.9 Å². The Hall–Kier alpha value is -1.39. The van der Waals surface area contributed by atoms with Crippen LogP contribution in [0, 0.1) is 0 Å². The number of ether oxygens (including phenoxy) is 1. The van der Waals surface area contributed by atoms with Crippen molar-refractivity contribution in [2.24, 2.45) is 5.73 Å². The van der Waals surface area contributed by atoms with Gasteiger partial charge in [0.2, 0.25) is 0 Å². The Morgan fingerprint density at radius 3 is 2.77 bits per heavy atom. The summed E-state index contributed by atoms with van der Waals surface area (Å²) < 4.78 is 21.3. The van der Waals surface area contributed by atoms with Crippen LogP contribution in [0.5, 0.6) is 0 Å². The van der Waals surface area contributed by atoms with E-state index in [2.05, 4.69) is 4.52 Å². The first-order chi connectivity index (χ1) is 10.2. The lowest BCUT2D eigenvalue weighted by Crippen LogP contribution is -2.46. The van der Waals surface area contributed by atoms with Gasteiger partial charge in [-0.15, -0.1) is 0 Å². The first kappa shape index (κ1) is 17.0. The zero-order chi connectivity index (χ0) is 16.5. The van der Waals surface area contributed by atoms with E-state index in [1.807, 2.05) is 0 Å². The minimum atomic E-state index is -4.97. The fraction of sp³-hybridized carbons (Fsp3) is 0.455. The fourth-order valence-electron chi connectivity index (χ4n) is 2.08. The number of rotatable bonds is 5. The monoisotopic (exact) mass is 334 g/mol. The van der Waals surface area contributed by atoms with Gasteiger partial charge >= 0.3 is 0 Å². The van der Waals surface area contributed by atoms with E-state index in [-0.39, 0.29) is 5.56 Å². The van der Waals surface area contributed by atoms with Gasteiger partial charge in [-0.2, -0.15) is 4.57 Å². The number of carbonyl (C=O) groups is 1. The number of hydrogen-bond donors (Lipinski definition) is 4. The molecule has 2 heterocycles. The van der Waals surface area contributed by atoms with Crippen molar-refractivity contribution in [3.63, 3.8) is 0 Å². The predicted molar refractivity (Wildman–Crippen MR) is 66.9 cm³/mol. The van der Waals surface area contributed by atoms with Crippen LogP contribution in [0.4, 0.5) is 0 Å². The number of phosphoric ester groups is 1. The Kier molecular flexibility index (Phi) is 4.93. The van der Waals surface area contributed by atoms with Crippen molar-refractivity contribution in [2.75, 3.05) is 6.61 Å². The predicted octanol–water partition coefficient (Wildman–Crippen LogP) is -2.83. The fourth-order valence-corrected chi connectivity index (χ4v) is 2.41. The number of phosphoric acid groups is 1. The second-order valence-corrected chi connectivity index (χ2v) is 5.91. The summed E-state index contributed by atoms with van der Waals surface area (Å²) in [6.45, 7) is -0.665. The van der Waals surface area contributed by atoms with Gasteiger partial charge in [-0.3, -0.25) is 9.36 Å². The van der Waals surface area contributed by atoms with Crippen LogP contribution in [0.3, 0.4) is 0 Å². The van der Waals surface area contributed by atoms with Crippen molar-refractivity contribution in [1.29, 1.82) is 0 Å². The maximum atomic E-state index is 11.1. The van der Waals surface area contributed by atoms with Crippen molar-refractivity contribution in [3.05, 3.63) is 30.1 Å².